The number of nitrogens with one attached hydrogen (secondary N) is 1. The molecule has 1 saturated heterocycles. The molecule has 1 unspecified atom stereocenters. The number of halogens is 3. The summed E-state index contributed by atoms with van der Waals surface area (Å²) in [6.45, 7) is 3.58. The Morgan fingerprint density at radius 1 is 1.10 bits per heavy atom. The lowest BCUT2D eigenvalue weighted by Gasteiger charge is -2.26. The Hall–Kier alpha value is -2.42. The quantitative estimate of drug-likeness (QED) is 0.734. The predicted octanol–water partition coefficient (Wildman–Crippen LogP) is 4.12. The number of amides is 1. The van der Waals surface area contributed by atoms with Gasteiger partial charge in [-0.25, -0.2) is 9.67 Å². The first-order valence-electron chi connectivity index (χ1n) is 11.0. The summed E-state index contributed by atoms with van der Waals surface area (Å²) in [7, 11) is 0. The van der Waals surface area contributed by atoms with Gasteiger partial charge >= 0.3 is 6.18 Å². The molecule has 2 aromatic rings. The largest absolute Gasteiger partial charge is 0.417 e. The van der Waals surface area contributed by atoms with Gasteiger partial charge in [-0.3, -0.25) is 9.69 Å². The van der Waals surface area contributed by atoms with Crippen LogP contribution in [0, 0.1) is 6.92 Å². The fraction of sp³-hybridized carbons (Fsp3) is 0.591. The summed E-state index contributed by atoms with van der Waals surface area (Å²) in [5.74, 6) is 0.0355. The molecule has 168 valence electrons. The van der Waals surface area contributed by atoms with E-state index in [2.05, 4.69) is 20.3 Å². The smallest absolute Gasteiger partial charge is 0.348 e. The van der Waals surface area contributed by atoms with Crippen LogP contribution in [-0.2, 0) is 6.18 Å². The van der Waals surface area contributed by atoms with Gasteiger partial charge in [-0.05, 0) is 38.3 Å². The highest BCUT2D eigenvalue weighted by Crippen LogP contribution is 2.29. The fourth-order valence-corrected chi connectivity index (χ4v) is 4.67. The molecule has 2 aliphatic rings. The predicted molar refractivity (Wildman–Crippen MR) is 110 cm³/mol. The highest BCUT2D eigenvalue weighted by atomic mass is 19.4. The summed E-state index contributed by atoms with van der Waals surface area (Å²) < 4.78 is 39.6. The van der Waals surface area contributed by atoms with Crippen LogP contribution in [0.15, 0.2) is 24.5 Å². The highest BCUT2D eigenvalue weighted by molar-refractivity contribution is 5.95. The highest BCUT2D eigenvalue weighted by Gasteiger charge is 2.32. The minimum absolute atomic E-state index is 0.0997. The Morgan fingerprint density at radius 2 is 1.84 bits per heavy atom. The molecule has 1 N–H and O–H groups in total. The SMILES string of the molecule is Cc1c(C(=O)NC2CCN(C3CCCCCC3)C2)cnn1-c1ccc(C(F)(F)F)cn1. The molecular formula is C22H28F3N5O. The third kappa shape index (κ3) is 4.92. The van der Waals surface area contributed by atoms with Crippen LogP contribution in [0.25, 0.3) is 5.82 Å². The maximum absolute atomic E-state index is 12.8. The van der Waals surface area contributed by atoms with E-state index in [4.69, 9.17) is 0 Å². The molecule has 1 atom stereocenters. The lowest BCUT2D eigenvalue weighted by atomic mass is 10.1. The molecule has 2 aromatic heterocycles. The van der Waals surface area contributed by atoms with E-state index in [9.17, 15) is 18.0 Å². The number of carbonyl (C=O) groups is 1. The first kappa shape index (κ1) is 21.8. The third-order valence-corrected chi connectivity index (χ3v) is 6.44. The zero-order valence-corrected chi connectivity index (χ0v) is 17.7. The molecule has 9 heteroatoms. The van der Waals surface area contributed by atoms with Crippen molar-refractivity contribution in [1.82, 2.24) is 25.0 Å². The van der Waals surface area contributed by atoms with E-state index < -0.39 is 11.7 Å². The average molecular weight is 435 g/mol. The number of hydrogen-bond donors (Lipinski definition) is 1. The van der Waals surface area contributed by atoms with E-state index in [0.29, 0.717) is 17.3 Å². The monoisotopic (exact) mass is 435 g/mol. The van der Waals surface area contributed by atoms with Gasteiger partial charge in [0.05, 0.1) is 23.0 Å². The Labute approximate surface area is 179 Å². The molecule has 1 saturated carbocycles. The number of alkyl halides is 3. The Balaban J connectivity index is 1.39. The van der Waals surface area contributed by atoms with Crippen LogP contribution in [-0.4, -0.2) is 50.7 Å². The maximum Gasteiger partial charge on any atom is 0.417 e. The van der Waals surface area contributed by atoms with Gasteiger partial charge in [-0.2, -0.15) is 18.3 Å². The van der Waals surface area contributed by atoms with Crippen molar-refractivity contribution < 1.29 is 18.0 Å². The van der Waals surface area contributed by atoms with Crippen LogP contribution in [0.4, 0.5) is 13.2 Å². The van der Waals surface area contributed by atoms with Crippen molar-refractivity contribution in [2.45, 2.75) is 70.1 Å². The van der Waals surface area contributed by atoms with Crippen molar-refractivity contribution in [2.75, 3.05) is 13.1 Å². The number of likely N-dealkylation sites (tertiary alicyclic amines) is 1. The van der Waals surface area contributed by atoms with Gasteiger partial charge in [0.2, 0.25) is 0 Å². The van der Waals surface area contributed by atoms with Gasteiger partial charge in [0, 0.05) is 31.4 Å². The standard InChI is InChI=1S/C22H28F3N5O/c1-15-19(13-27-30(15)20-9-8-16(12-26-20)22(23,24)25)21(31)28-17-10-11-29(14-17)18-6-4-2-3-5-7-18/h8-9,12-13,17-18H,2-7,10-11,14H2,1H3,(H,28,31). The lowest BCUT2D eigenvalue weighted by molar-refractivity contribution is -0.137. The van der Waals surface area contributed by atoms with Crippen molar-refractivity contribution in [3.05, 3.63) is 41.3 Å². The Morgan fingerprint density at radius 3 is 2.48 bits per heavy atom. The van der Waals surface area contributed by atoms with Gasteiger partial charge in [0.25, 0.3) is 5.91 Å². The number of hydrogen-bond acceptors (Lipinski definition) is 4. The maximum atomic E-state index is 12.8. The van der Waals surface area contributed by atoms with E-state index in [-0.39, 0.29) is 17.8 Å². The summed E-state index contributed by atoms with van der Waals surface area (Å²) in [4.78, 5) is 19.2. The normalized spacial score (nSPS) is 21.2. The molecule has 4 rings (SSSR count). The molecular weight excluding hydrogens is 407 g/mol. The zero-order chi connectivity index (χ0) is 22.0. The summed E-state index contributed by atoms with van der Waals surface area (Å²) in [6.07, 6.45) is 6.40. The molecule has 31 heavy (non-hydrogen) atoms. The number of pyridine rings is 1. The number of aromatic nitrogens is 3. The van der Waals surface area contributed by atoms with Gasteiger partial charge < -0.3 is 5.32 Å². The van der Waals surface area contributed by atoms with E-state index in [1.807, 2.05) is 0 Å². The van der Waals surface area contributed by atoms with Crippen LogP contribution >= 0.6 is 0 Å². The van der Waals surface area contributed by atoms with Crippen molar-refractivity contribution in [1.29, 1.82) is 0 Å². The summed E-state index contributed by atoms with van der Waals surface area (Å²) >= 11 is 0. The van der Waals surface area contributed by atoms with E-state index in [1.54, 1.807) is 6.92 Å². The van der Waals surface area contributed by atoms with Crippen molar-refractivity contribution in [2.24, 2.45) is 0 Å². The number of rotatable bonds is 4. The van der Waals surface area contributed by atoms with Gasteiger partial charge in [-0.15, -0.1) is 0 Å². The molecule has 3 heterocycles. The van der Waals surface area contributed by atoms with Crippen LogP contribution in [0.2, 0.25) is 0 Å². The first-order chi connectivity index (χ1) is 14.8. The molecule has 2 fully saturated rings. The Bertz CT molecular complexity index is 901. The molecule has 0 radical (unpaired) electrons. The number of nitrogens with zero attached hydrogens (tertiary/aromatic N) is 4. The summed E-state index contributed by atoms with van der Waals surface area (Å²) in [5.41, 5.74) is 0.136. The van der Waals surface area contributed by atoms with E-state index >= 15 is 0 Å². The topological polar surface area (TPSA) is 63.1 Å². The minimum atomic E-state index is -4.44. The molecule has 6 nitrogen and oxygen atoms in total. The van der Waals surface area contributed by atoms with Crippen molar-refractivity contribution >= 4 is 5.91 Å². The molecule has 0 spiro atoms. The van der Waals surface area contributed by atoms with Crippen LogP contribution < -0.4 is 5.32 Å². The molecule has 1 aliphatic carbocycles. The molecule has 0 bridgehead atoms. The second kappa shape index (κ2) is 8.98. The van der Waals surface area contributed by atoms with Gasteiger partial charge in [-0.1, -0.05) is 25.7 Å². The van der Waals surface area contributed by atoms with Gasteiger partial charge in [0.1, 0.15) is 0 Å². The van der Waals surface area contributed by atoms with Crippen molar-refractivity contribution in [3.8, 4) is 5.82 Å². The lowest BCUT2D eigenvalue weighted by Crippen LogP contribution is -2.39. The van der Waals surface area contributed by atoms with Crippen molar-refractivity contribution in [3.63, 3.8) is 0 Å². The van der Waals surface area contributed by atoms with Gasteiger partial charge in [0.15, 0.2) is 5.82 Å². The molecule has 1 amide bonds. The second-order valence-electron chi connectivity index (χ2n) is 8.56. The third-order valence-electron chi connectivity index (χ3n) is 6.44. The zero-order valence-electron chi connectivity index (χ0n) is 17.7. The average Bonchev–Trinajstić information content (AvgIpc) is 3.25. The number of carbonyl (C=O) groups excluding carboxylic acids is 1. The first-order valence-corrected chi connectivity index (χ1v) is 11.0. The summed E-state index contributed by atoms with van der Waals surface area (Å²) in [5, 5.41) is 7.29. The fourth-order valence-electron chi connectivity index (χ4n) is 4.67. The van der Waals surface area contributed by atoms with Crippen LogP contribution in [0.3, 0.4) is 0 Å². The Kier molecular flexibility index (Phi) is 6.31. The molecule has 1 aliphatic heterocycles. The van der Waals surface area contributed by atoms with E-state index in [0.717, 1.165) is 31.8 Å². The molecule has 0 aromatic carbocycles. The summed E-state index contributed by atoms with van der Waals surface area (Å²) in [6, 6.07) is 2.94. The van der Waals surface area contributed by atoms with Crippen LogP contribution in [0.5, 0.6) is 0 Å². The van der Waals surface area contributed by atoms with E-state index in [1.165, 1.54) is 55.5 Å². The second-order valence-corrected chi connectivity index (χ2v) is 8.56. The minimum Gasteiger partial charge on any atom is -0.348 e. The van der Waals surface area contributed by atoms with Crippen LogP contribution in [0.1, 0.15) is 66.6 Å².